The second-order valence-corrected chi connectivity index (χ2v) is 4.14. The third-order valence-corrected chi connectivity index (χ3v) is 2.55. The van der Waals surface area contributed by atoms with E-state index in [4.69, 9.17) is 0 Å². The summed E-state index contributed by atoms with van der Waals surface area (Å²) in [4.78, 5) is 15.6. The first kappa shape index (κ1) is 13.7. The zero-order valence-corrected chi connectivity index (χ0v) is 10.9. The van der Waals surface area contributed by atoms with Crippen LogP contribution in [0.3, 0.4) is 0 Å². The Morgan fingerprint density at radius 3 is 2.75 bits per heavy atom. The summed E-state index contributed by atoms with van der Waals surface area (Å²) >= 11 is 0. The van der Waals surface area contributed by atoms with E-state index in [0.29, 0.717) is 11.3 Å². The van der Waals surface area contributed by atoms with Crippen molar-refractivity contribution in [3.05, 3.63) is 65.9 Å². The van der Waals surface area contributed by atoms with Crippen LogP contribution in [0.5, 0.6) is 0 Å². The van der Waals surface area contributed by atoms with Crippen LogP contribution < -0.4 is 10.6 Å². The number of rotatable bonds is 3. The molecule has 0 aliphatic rings. The number of anilines is 1. The van der Waals surface area contributed by atoms with Gasteiger partial charge in [-0.2, -0.15) is 0 Å². The van der Waals surface area contributed by atoms with Gasteiger partial charge in [0.1, 0.15) is 5.82 Å². The van der Waals surface area contributed by atoms with Crippen molar-refractivity contribution in [2.24, 2.45) is 0 Å². The van der Waals surface area contributed by atoms with Gasteiger partial charge in [0.05, 0.1) is 11.9 Å². The van der Waals surface area contributed by atoms with Crippen molar-refractivity contribution in [1.82, 2.24) is 10.3 Å². The molecule has 2 rings (SSSR count). The van der Waals surface area contributed by atoms with Crippen LogP contribution in [0.25, 0.3) is 6.08 Å². The molecule has 20 heavy (non-hydrogen) atoms. The minimum atomic E-state index is -0.414. The van der Waals surface area contributed by atoms with Crippen molar-refractivity contribution in [1.29, 1.82) is 0 Å². The topological polar surface area (TPSA) is 54.0 Å². The molecular formula is C15H14FN3O. The number of amides is 2. The number of nitrogens with one attached hydrogen (secondary N) is 2. The van der Waals surface area contributed by atoms with Crippen LogP contribution >= 0.6 is 0 Å². The highest BCUT2D eigenvalue weighted by Gasteiger charge is 1.99. The molecule has 0 aliphatic carbocycles. The Morgan fingerprint density at radius 1 is 1.25 bits per heavy atom. The number of hydrogen-bond donors (Lipinski definition) is 2. The van der Waals surface area contributed by atoms with E-state index >= 15 is 0 Å². The maximum Gasteiger partial charge on any atom is 0.323 e. The van der Waals surface area contributed by atoms with Crippen molar-refractivity contribution < 1.29 is 9.18 Å². The quantitative estimate of drug-likeness (QED) is 0.899. The number of benzene rings is 1. The highest BCUT2D eigenvalue weighted by Crippen LogP contribution is 2.08. The van der Waals surface area contributed by atoms with Crippen LogP contribution in [-0.4, -0.2) is 11.0 Å². The Hall–Kier alpha value is -2.69. The van der Waals surface area contributed by atoms with Crippen molar-refractivity contribution in [3.8, 4) is 0 Å². The fraction of sp³-hybridized carbons (Fsp3) is 0.0667. The van der Waals surface area contributed by atoms with Gasteiger partial charge in [-0.25, -0.2) is 9.18 Å². The van der Waals surface area contributed by atoms with Crippen molar-refractivity contribution in [2.75, 3.05) is 5.32 Å². The molecule has 102 valence electrons. The van der Waals surface area contributed by atoms with E-state index in [2.05, 4.69) is 15.6 Å². The van der Waals surface area contributed by atoms with E-state index in [0.717, 1.165) is 5.69 Å². The molecule has 1 aromatic carbocycles. The molecule has 0 radical (unpaired) electrons. The van der Waals surface area contributed by atoms with E-state index in [9.17, 15) is 9.18 Å². The Labute approximate surface area is 116 Å². The molecule has 5 heteroatoms. The number of aromatic nitrogens is 1. The van der Waals surface area contributed by atoms with Gasteiger partial charge in [0.15, 0.2) is 0 Å². The lowest BCUT2D eigenvalue weighted by atomic mass is 10.2. The summed E-state index contributed by atoms with van der Waals surface area (Å²) in [5.74, 6) is -0.339. The summed E-state index contributed by atoms with van der Waals surface area (Å²) < 4.78 is 13.3. The number of halogens is 1. The molecule has 2 N–H and O–H groups in total. The number of hydrogen-bond acceptors (Lipinski definition) is 2. The smallest absolute Gasteiger partial charge is 0.314 e. The molecule has 0 saturated carbocycles. The molecule has 0 saturated heterocycles. The van der Waals surface area contributed by atoms with Crippen LogP contribution in [-0.2, 0) is 0 Å². The van der Waals surface area contributed by atoms with Crippen molar-refractivity contribution in [2.45, 2.75) is 6.92 Å². The van der Waals surface area contributed by atoms with Crippen molar-refractivity contribution in [3.63, 3.8) is 0 Å². The molecule has 2 aromatic rings. The average molecular weight is 271 g/mol. The monoisotopic (exact) mass is 271 g/mol. The second kappa shape index (κ2) is 6.47. The maximum atomic E-state index is 13.3. The number of nitrogens with zero attached hydrogens (tertiary/aromatic N) is 1. The molecule has 0 spiro atoms. The predicted octanol–water partition coefficient (Wildman–Crippen LogP) is 3.32. The lowest BCUT2D eigenvalue weighted by Gasteiger charge is -2.04. The Kier molecular flexibility index (Phi) is 4.44. The van der Waals surface area contributed by atoms with E-state index < -0.39 is 6.03 Å². The molecule has 0 fully saturated rings. The molecule has 0 aliphatic heterocycles. The largest absolute Gasteiger partial charge is 0.323 e. The predicted molar refractivity (Wildman–Crippen MR) is 76.6 cm³/mol. The van der Waals surface area contributed by atoms with Gasteiger partial charge in [-0.15, -0.1) is 0 Å². The summed E-state index contributed by atoms with van der Waals surface area (Å²) in [5.41, 5.74) is 1.87. The lowest BCUT2D eigenvalue weighted by Crippen LogP contribution is -2.23. The number of pyridine rings is 1. The first-order valence-corrected chi connectivity index (χ1v) is 6.06. The van der Waals surface area contributed by atoms with Crippen LogP contribution in [0, 0.1) is 12.7 Å². The number of carbonyl (C=O) groups is 1. The van der Waals surface area contributed by atoms with Crippen molar-refractivity contribution >= 4 is 17.8 Å². The zero-order chi connectivity index (χ0) is 14.4. The van der Waals surface area contributed by atoms with Gasteiger partial charge in [-0.05, 0) is 31.2 Å². The number of urea groups is 1. The normalized spacial score (nSPS) is 10.5. The maximum absolute atomic E-state index is 13.3. The fourth-order valence-electron chi connectivity index (χ4n) is 1.53. The van der Waals surface area contributed by atoms with Gasteiger partial charge in [0.2, 0.25) is 0 Å². The van der Waals surface area contributed by atoms with Gasteiger partial charge in [-0.1, -0.05) is 18.2 Å². The molecule has 2 amide bonds. The summed E-state index contributed by atoms with van der Waals surface area (Å²) in [6, 6.07) is 9.45. The molecule has 4 nitrogen and oxygen atoms in total. The molecule has 0 unspecified atom stereocenters. The summed E-state index contributed by atoms with van der Waals surface area (Å²) in [6.45, 7) is 1.86. The Morgan fingerprint density at radius 2 is 2.05 bits per heavy atom. The fourth-order valence-corrected chi connectivity index (χ4v) is 1.53. The first-order chi connectivity index (χ1) is 9.65. The van der Waals surface area contributed by atoms with E-state index in [-0.39, 0.29) is 5.82 Å². The molecule has 1 aromatic heterocycles. The highest BCUT2D eigenvalue weighted by atomic mass is 19.1. The molecule has 0 bridgehead atoms. The van der Waals surface area contributed by atoms with Crippen LogP contribution in [0.4, 0.5) is 14.9 Å². The van der Waals surface area contributed by atoms with E-state index in [1.54, 1.807) is 36.5 Å². The van der Waals surface area contributed by atoms with Crippen LogP contribution in [0.15, 0.2) is 48.8 Å². The highest BCUT2D eigenvalue weighted by molar-refractivity contribution is 5.90. The summed E-state index contributed by atoms with van der Waals surface area (Å²) in [6.07, 6.45) is 4.44. The van der Waals surface area contributed by atoms with E-state index in [1.165, 1.54) is 18.3 Å². The summed E-state index contributed by atoms with van der Waals surface area (Å²) in [5, 5.41) is 5.11. The summed E-state index contributed by atoms with van der Waals surface area (Å²) in [7, 11) is 0. The van der Waals surface area contributed by atoms with Gasteiger partial charge < -0.3 is 10.6 Å². The third-order valence-electron chi connectivity index (χ3n) is 2.55. The third kappa shape index (κ3) is 3.91. The van der Waals surface area contributed by atoms with Crippen LogP contribution in [0.1, 0.15) is 11.3 Å². The van der Waals surface area contributed by atoms with Gasteiger partial charge >= 0.3 is 6.03 Å². The lowest BCUT2D eigenvalue weighted by molar-refractivity contribution is 0.255. The van der Waals surface area contributed by atoms with Gasteiger partial charge in [0.25, 0.3) is 0 Å². The molecule has 0 atom stereocenters. The minimum absolute atomic E-state index is 0.339. The minimum Gasteiger partial charge on any atom is -0.314 e. The van der Waals surface area contributed by atoms with Gasteiger partial charge in [-0.3, -0.25) is 4.98 Å². The SMILES string of the molecule is Cc1ccc(NC(=O)N/C=C/c2ccccc2F)cn1. The molecular weight excluding hydrogens is 257 g/mol. The first-order valence-electron chi connectivity index (χ1n) is 6.06. The molecule has 1 heterocycles. The van der Waals surface area contributed by atoms with Gasteiger partial charge in [0, 0.05) is 17.5 Å². The average Bonchev–Trinajstić information content (AvgIpc) is 2.43. The standard InChI is InChI=1S/C15H14FN3O/c1-11-6-7-13(10-18-11)19-15(20)17-9-8-12-4-2-3-5-14(12)16/h2-10H,1H3,(H2,17,19,20)/b9-8+. The zero-order valence-electron chi connectivity index (χ0n) is 10.9. The second-order valence-electron chi connectivity index (χ2n) is 4.14. The number of carbonyl (C=O) groups excluding carboxylic acids is 1. The number of aryl methyl sites for hydroxylation is 1. The Balaban J connectivity index is 1.89. The van der Waals surface area contributed by atoms with E-state index in [1.807, 2.05) is 6.92 Å². The van der Waals surface area contributed by atoms with Crippen LogP contribution in [0.2, 0.25) is 0 Å². The Bertz CT molecular complexity index is 623.